The molecule has 2 heteroatoms. The van der Waals surface area contributed by atoms with Gasteiger partial charge in [0.05, 0.1) is 6.26 Å². The third kappa shape index (κ3) is 2.70. The maximum Gasteiger partial charge on any atom is 0.107 e. The predicted molar refractivity (Wildman–Crippen MR) is 50.3 cm³/mol. The summed E-state index contributed by atoms with van der Waals surface area (Å²) in [6.07, 6.45) is 1.72. The van der Waals surface area contributed by atoms with Crippen LogP contribution in [0.5, 0.6) is 0 Å². The second kappa shape index (κ2) is 4.31. The molecule has 0 spiro atoms. The molecule has 0 bridgehead atoms. The Hall–Kier alpha value is -0.760. The fourth-order valence-electron chi connectivity index (χ4n) is 1.08. The summed E-state index contributed by atoms with van der Waals surface area (Å²) in [5.74, 6) is 1.52. The van der Waals surface area contributed by atoms with Gasteiger partial charge in [-0.25, -0.2) is 0 Å². The fraction of sp³-hybridized carbons (Fsp3) is 0.600. The molecule has 0 radical (unpaired) electrons. The lowest BCUT2D eigenvalue weighted by Gasteiger charge is -2.12. The summed E-state index contributed by atoms with van der Waals surface area (Å²) >= 11 is 0. The Kier molecular flexibility index (Phi) is 3.35. The van der Waals surface area contributed by atoms with E-state index in [2.05, 4.69) is 26.1 Å². The van der Waals surface area contributed by atoms with Gasteiger partial charge in [0.25, 0.3) is 0 Å². The van der Waals surface area contributed by atoms with E-state index in [1.54, 1.807) is 6.26 Å². The van der Waals surface area contributed by atoms with Crippen LogP contribution in [0.4, 0.5) is 0 Å². The number of furan rings is 1. The van der Waals surface area contributed by atoms with E-state index >= 15 is 0 Å². The van der Waals surface area contributed by atoms with Crippen LogP contribution >= 0.6 is 0 Å². The van der Waals surface area contributed by atoms with E-state index in [9.17, 15) is 0 Å². The van der Waals surface area contributed by atoms with Gasteiger partial charge >= 0.3 is 0 Å². The first-order valence-corrected chi connectivity index (χ1v) is 4.47. The van der Waals surface area contributed by atoms with Crippen molar-refractivity contribution in [2.45, 2.75) is 32.7 Å². The smallest absolute Gasteiger partial charge is 0.107 e. The molecule has 0 saturated heterocycles. The minimum atomic E-state index is 0.461. The molecule has 1 unspecified atom stereocenters. The SMILES string of the molecule is CC(C)NCC(C)c1ccco1. The second-order valence-electron chi connectivity index (χ2n) is 3.48. The normalized spacial score (nSPS) is 13.7. The van der Waals surface area contributed by atoms with Gasteiger partial charge in [-0.1, -0.05) is 20.8 Å². The Bertz CT molecular complexity index is 204. The van der Waals surface area contributed by atoms with E-state index in [1.807, 2.05) is 12.1 Å². The molecule has 2 nitrogen and oxygen atoms in total. The molecule has 0 amide bonds. The molecule has 1 heterocycles. The van der Waals surface area contributed by atoms with Crippen LogP contribution in [0.1, 0.15) is 32.4 Å². The highest BCUT2D eigenvalue weighted by Crippen LogP contribution is 2.13. The number of hydrogen-bond acceptors (Lipinski definition) is 2. The first kappa shape index (κ1) is 9.33. The van der Waals surface area contributed by atoms with Crippen molar-refractivity contribution >= 4 is 0 Å². The zero-order valence-electron chi connectivity index (χ0n) is 8.00. The summed E-state index contributed by atoms with van der Waals surface area (Å²) in [5.41, 5.74) is 0. The lowest BCUT2D eigenvalue weighted by Crippen LogP contribution is -2.26. The van der Waals surface area contributed by atoms with Gasteiger partial charge < -0.3 is 9.73 Å². The quantitative estimate of drug-likeness (QED) is 0.744. The summed E-state index contributed by atoms with van der Waals surface area (Å²) in [6.45, 7) is 7.43. The van der Waals surface area contributed by atoms with Crippen LogP contribution in [0.15, 0.2) is 22.8 Å². The van der Waals surface area contributed by atoms with Crippen molar-refractivity contribution in [3.63, 3.8) is 0 Å². The second-order valence-corrected chi connectivity index (χ2v) is 3.48. The minimum Gasteiger partial charge on any atom is -0.469 e. The van der Waals surface area contributed by atoms with Gasteiger partial charge in [0.15, 0.2) is 0 Å². The first-order chi connectivity index (χ1) is 5.70. The Morgan fingerprint density at radius 3 is 2.67 bits per heavy atom. The maximum absolute atomic E-state index is 5.29. The van der Waals surface area contributed by atoms with Gasteiger partial charge in [-0.3, -0.25) is 0 Å². The average Bonchev–Trinajstić information content (AvgIpc) is 2.51. The predicted octanol–water partition coefficient (Wildman–Crippen LogP) is 2.38. The maximum atomic E-state index is 5.29. The Morgan fingerprint density at radius 1 is 1.42 bits per heavy atom. The molecule has 0 fully saturated rings. The van der Waals surface area contributed by atoms with Crippen LogP contribution in [-0.2, 0) is 0 Å². The van der Waals surface area contributed by atoms with Crippen molar-refractivity contribution in [3.8, 4) is 0 Å². The Labute approximate surface area is 74.0 Å². The Balaban J connectivity index is 2.34. The van der Waals surface area contributed by atoms with Gasteiger partial charge in [-0.05, 0) is 12.1 Å². The molecule has 0 saturated carbocycles. The molecule has 0 aromatic carbocycles. The lowest BCUT2D eigenvalue weighted by molar-refractivity contribution is 0.447. The van der Waals surface area contributed by atoms with Gasteiger partial charge in [-0.2, -0.15) is 0 Å². The topological polar surface area (TPSA) is 25.2 Å². The molecular weight excluding hydrogens is 150 g/mol. The first-order valence-electron chi connectivity index (χ1n) is 4.47. The third-order valence-electron chi connectivity index (χ3n) is 1.86. The molecule has 0 aliphatic heterocycles. The van der Waals surface area contributed by atoms with E-state index in [-0.39, 0.29) is 0 Å². The molecular formula is C10H17NO. The minimum absolute atomic E-state index is 0.461. The zero-order chi connectivity index (χ0) is 8.97. The summed E-state index contributed by atoms with van der Waals surface area (Å²) < 4.78 is 5.29. The highest BCUT2D eigenvalue weighted by atomic mass is 16.3. The monoisotopic (exact) mass is 167 g/mol. The van der Waals surface area contributed by atoms with Crippen molar-refractivity contribution in [3.05, 3.63) is 24.2 Å². The van der Waals surface area contributed by atoms with E-state index in [4.69, 9.17) is 4.42 Å². The van der Waals surface area contributed by atoms with E-state index in [1.165, 1.54) is 0 Å². The molecule has 1 aromatic rings. The summed E-state index contributed by atoms with van der Waals surface area (Å²) in [4.78, 5) is 0. The number of nitrogens with one attached hydrogen (secondary N) is 1. The van der Waals surface area contributed by atoms with Crippen LogP contribution in [0.3, 0.4) is 0 Å². The van der Waals surface area contributed by atoms with Gasteiger partial charge in [0.1, 0.15) is 5.76 Å². The summed E-state index contributed by atoms with van der Waals surface area (Å²) in [5, 5.41) is 3.37. The lowest BCUT2D eigenvalue weighted by atomic mass is 10.1. The van der Waals surface area contributed by atoms with E-state index in [0.717, 1.165) is 12.3 Å². The number of rotatable bonds is 4. The van der Waals surface area contributed by atoms with Crippen LogP contribution in [0, 0.1) is 0 Å². The fourth-order valence-corrected chi connectivity index (χ4v) is 1.08. The van der Waals surface area contributed by atoms with Crippen molar-refractivity contribution < 1.29 is 4.42 Å². The van der Waals surface area contributed by atoms with Gasteiger partial charge in [0.2, 0.25) is 0 Å². The molecule has 68 valence electrons. The highest BCUT2D eigenvalue weighted by molar-refractivity contribution is 5.04. The van der Waals surface area contributed by atoms with Crippen molar-refractivity contribution in [2.24, 2.45) is 0 Å². The van der Waals surface area contributed by atoms with Crippen molar-refractivity contribution in [2.75, 3.05) is 6.54 Å². The van der Waals surface area contributed by atoms with Crippen molar-refractivity contribution in [1.82, 2.24) is 5.32 Å². The Morgan fingerprint density at radius 2 is 2.17 bits per heavy atom. The summed E-state index contributed by atoms with van der Waals surface area (Å²) in [6, 6.07) is 4.50. The van der Waals surface area contributed by atoms with Crippen LogP contribution in [-0.4, -0.2) is 12.6 Å². The molecule has 0 aliphatic carbocycles. The molecule has 1 atom stereocenters. The van der Waals surface area contributed by atoms with E-state index in [0.29, 0.717) is 12.0 Å². The summed E-state index contributed by atoms with van der Waals surface area (Å²) in [7, 11) is 0. The van der Waals surface area contributed by atoms with Crippen LogP contribution in [0.2, 0.25) is 0 Å². The average molecular weight is 167 g/mol. The molecule has 1 N–H and O–H groups in total. The van der Waals surface area contributed by atoms with E-state index < -0.39 is 0 Å². The van der Waals surface area contributed by atoms with Crippen LogP contribution in [0.25, 0.3) is 0 Å². The van der Waals surface area contributed by atoms with Crippen molar-refractivity contribution in [1.29, 1.82) is 0 Å². The molecule has 1 rings (SSSR count). The van der Waals surface area contributed by atoms with Crippen LogP contribution < -0.4 is 5.32 Å². The largest absolute Gasteiger partial charge is 0.469 e. The molecule has 0 aliphatic rings. The van der Waals surface area contributed by atoms with Gasteiger partial charge in [-0.15, -0.1) is 0 Å². The molecule has 1 aromatic heterocycles. The highest BCUT2D eigenvalue weighted by Gasteiger charge is 2.07. The number of hydrogen-bond donors (Lipinski definition) is 1. The standard InChI is InChI=1S/C10H17NO/c1-8(2)11-7-9(3)10-5-4-6-12-10/h4-6,8-9,11H,7H2,1-3H3. The third-order valence-corrected chi connectivity index (χ3v) is 1.86. The molecule has 12 heavy (non-hydrogen) atoms. The van der Waals surface area contributed by atoms with Gasteiger partial charge in [0, 0.05) is 18.5 Å². The zero-order valence-corrected chi connectivity index (χ0v) is 8.00.